The van der Waals surface area contributed by atoms with Crippen molar-refractivity contribution in [3.05, 3.63) is 29.3 Å². The van der Waals surface area contributed by atoms with Gasteiger partial charge < -0.3 is 34.3 Å². The highest BCUT2D eigenvalue weighted by Gasteiger charge is 2.14. The van der Waals surface area contributed by atoms with E-state index in [-0.39, 0.29) is 26.8 Å². The number of halogens is 1. The van der Waals surface area contributed by atoms with Crippen molar-refractivity contribution in [2.75, 3.05) is 4.90 Å². The van der Waals surface area contributed by atoms with Gasteiger partial charge in [0.05, 0.1) is 0 Å². The predicted octanol–water partition coefficient (Wildman–Crippen LogP) is 2.75. The maximum atomic E-state index is 11.4. The number of carbonyl (C=O) groups excluding carboxylic acids is 1. The second kappa shape index (κ2) is 15.0. The smallest absolute Gasteiger partial charge is 0.319 e. The normalized spacial score (nSPS) is 10.1. The SMILES string of the molecule is C.C.CC(=O)N(c1ccc(Cl)cc1)C(C)C.OP(O)(O)=S.OP(O)(O)=S. The molecule has 8 nitrogen and oxygen atoms in total. The lowest BCUT2D eigenvalue weighted by Gasteiger charge is -2.25. The van der Waals surface area contributed by atoms with Gasteiger partial charge in [0.1, 0.15) is 0 Å². The van der Waals surface area contributed by atoms with E-state index in [2.05, 4.69) is 23.6 Å². The van der Waals surface area contributed by atoms with E-state index in [1.807, 2.05) is 26.0 Å². The molecule has 0 saturated carbocycles. The minimum Gasteiger partial charge on any atom is -0.325 e. The summed E-state index contributed by atoms with van der Waals surface area (Å²) in [5.41, 5.74) is 0.886. The van der Waals surface area contributed by atoms with Crippen LogP contribution < -0.4 is 4.90 Å². The molecule has 0 aliphatic carbocycles. The molecule has 0 bridgehead atoms. The third-order valence-electron chi connectivity index (χ3n) is 1.96. The van der Waals surface area contributed by atoms with Crippen LogP contribution >= 0.6 is 25.0 Å². The van der Waals surface area contributed by atoms with Crippen LogP contribution in [0.2, 0.25) is 5.02 Å². The van der Waals surface area contributed by atoms with Gasteiger partial charge in [0, 0.05) is 23.7 Å². The Bertz CT molecular complexity index is 568. The molecule has 0 aliphatic heterocycles. The number of nitrogens with zero attached hydrogens (tertiary/aromatic N) is 1. The van der Waals surface area contributed by atoms with Crippen LogP contribution in [0.25, 0.3) is 0 Å². The second-order valence-corrected chi connectivity index (χ2v) is 9.91. The number of hydrogen-bond acceptors (Lipinski definition) is 3. The van der Waals surface area contributed by atoms with Crippen molar-refractivity contribution < 1.29 is 34.2 Å². The van der Waals surface area contributed by atoms with Crippen LogP contribution in [0.4, 0.5) is 5.69 Å². The predicted molar refractivity (Wildman–Crippen MR) is 115 cm³/mol. The number of hydrogen-bond donors (Lipinski definition) is 6. The van der Waals surface area contributed by atoms with Crippen molar-refractivity contribution >= 4 is 60.2 Å². The highest BCUT2D eigenvalue weighted by molar-refractivity contribution is 8.06. The molecule has 0 fully saturated rings. The topological polar surface area (TPSA) is 142 Å². The van der Waals surface area contributed by atoms with Gasteiger partial charge in [0.2, 0.25) is 5.91 Å². The van der Waals surface area contributed by atoms with Crippen molar-refractivity contribution in [3.63, 3.8) is 0 Å². The Morgan fingerprint density at radius 1 is 0.962 bits per heavy atom. The maximum absolute atomic E-state index is 11.4. The Hall–Kier alpha value is 0.0400. The van der Waals surface area contributed by atoms with Crippen LogP contribution in [0.5, 0.6) is 0 Å². The minimum absolute atomic E-state index is 0. The van der Waals surface area contributed by atoms with Crippen LogP contribution in [0.15, 0.2) is 24.3 Å². The van der Waals surface area contributed by atoms with E-state index >= 15 is 0 Å². The average molecular weight is 472 g/mol. The van der Waals surface area contributed by atoms with Crippen LogP contribution in [0.3, 0.4) is 0 Å². The summed E-state index contributed by atoms with van der Waals surface area (Å²) >= 11 is 13.0. The van der Waals surface area contributed by atoms with Gasteiger partial charge in [-0.3, -0.25) is 4.79 Å². The van der Waals surface area contributed by atoms with E-state index in [0.717, 1.165) is 5.69 Å². The van der Waals surface area contributed by atoms with Gasteiger partial charge >= 0.3 is 13.4 Å². The summed E-state index contributed by atoms with van der Waals surface area (Å²) in [7, 11) is 0. The average Bonchev–Trinajstić information content (AvgIpc) is 2.26. The first-order chi connectivity index (χ1) is 10.5. The van der Waals surface area contributed by atoms with E-state index < -0.39 is 13.4 Å². The Balaban J connectivity index is -0.000000170. The third-order valence-corrected chi connectivity index (χ3v) is 2.21. The Kier molecular flexibility index (Phi) is 19.4. The Morgan fingerprint density at radius 3 is 1.42 bits per heavy atom. The summed E-state index contributed by atoms with van der Waals surface area (Å²) < 4.78 is 0. The molecule has 1 rings (SSSR count). The fourth-order valence-corrected chi connectivity index (χ4v) is 1.57. The lowest BCUT2D eigenvalue weighted by Crippen LogP contribution is -2.34. The first kappa shape index (κ1) is 33.6. The minimum atomic E-state index is -3.81. The zero-order valence-electron chi connectivity index (χ0n) is 13.0. The van der Waals surface area contributed by atoms with Gasteiger partial charge in [-0.1, -0.05) is 26.5 Å². The summed E-state index contributed by atoms with van der Waals surface area (Å²) in [6.07, 6.45) is 0. The van der Waals surface area contributed by atoms with Gasteiger partial charge in [-0.05, 0) is 61.7 Å². The molecule has 1 amide bonds. The van der Waals surface area contributed by atoms with Crippen molar-refractivity contribution in [2.24, 2.45) is 0 Å². The van der Waals surface area contributed by atoms with E-state index in [4.69, 9.17) is 41.0 Å². The molecule has 0 unspecified atom stereocenters. The molecule has 0 radical (unpaired) electrons. The number of rotatable bonds is 2. The molecule has 0 aromatic heterocycles. The molecule has 6 N–H and O–H groups in total. The molecule has 156 valence electrons. The maximum Gasteiger partial charge on any atom is 0.319 e. The summed E-state index contributed by atoms with van der Waals surface area (Å²) in [5.74, 6) is 0.0438. The Labute approximate surface area is 170 Å². The van der Waals surface area contributed by atoms with Crippen LogP contribution in [0.1, 0.15) is 35.6 Å². The van der Waals surface area contributed by atoms with Crippen LogP contribution in [-0.2, 0) is 28.4 Å². The zero-order chi connectivity index (χ0) is 19.7. The highest BCUT2D eigenvalue weighted by Crippen LogP contribution is 2.27. The number of amides is 1. The molecule has 26 heavy (non-hydrogen) atoms. The number of benzene rings is 1. The van der Waals surface area contributed by atoms with E-state index in [1.165, 1.54) is 0 Å². The van der Waals surface area contributed by atoms with Gasteiger partial charge in [-0.15, -0.1) is 0 Å². The molecule has 0 atom stereocenters. The molecule has 1 aromatic rings. The molecule has 0 aliphatic rings. The molecule has 0 spiro atoms. The monoisotopic (exact) mass is 471 g/mol. The van der Waals surface area contributed by atoms with Crippen molar-refractivity contribution in [3.8, 4) is 0 Å². The third kappa shape index (κ3) is 26.3. The van der Waals surface area contributed by atoms with E-state index in [9.17, 15) is 4.79 Å². The second-order valence-electron chi connectivity index (χ2n) is 4.49. The van der Waals surface area contributed by atoms with E-state index in [1.54, 1.807) is 24.0 Å². The highest BCUT2D eigenvalue weighted by atomic mass is 35.5. The van der Waals surface area contributed by atoms with Crippen LogP contribution in [-0.4, -0.2) is 41.3 Å². The van der Waals surface area contributed by atoms with E-state index in [0.29, 0.717) is 5.02 Å². The fraction of sp³-hybridized carbons (Fsp3) is 0.462. The van der Waals surface area contributed by atoms with Gasteiger partial charge in [-0.2, -0.15) is 0 Å². The molecule has 1 aromatic carbocycles. The van der Waals surface area contributed by atoms with Crippen molar-refractivity contribution in [1.29, 1.82) is 0 Å². The molecule has 13 heteroatoms. The standard InChI is InChI=1S/C11H14ClNO.2CH4.2H3O3PS/c1-8(2)13(9(3)14)11-6-4-10(12)5-7-11;;;2*1-4(2,3)5/h4-8H,1-3H3;2*1H4;2*(H3,1,2,3,5). The number of anilines is 1. The van der Waals surface area contributed by atoms with Crippen molar-refractivity contribution in [1.82, 2.24) is 0 Å². The fourth-order valence-electron chi connectivity index (χ4n) is 1.45. The quantitative estimate of drug-likeness (QED) is 0.359. The lowest BCUT2D eigenvalue weighted by atomic mass is 10.2. The molecule has 0 heterocycles. The Morgan fingerprint density at radius 2 is 1.23 bits per heavy atom. The lowest BCUT2D eigenvalue weighted by molar-refractivity contribution is -0.116. The largest absolute Gasteiger partial charge is 0.325 e. The first-order valence-electron chi connectivity index (χ1n) is 6.14. The molecular weight excluding hydrogens is 444 g/mol. The summed E-state index contributed by atoms with van der Waals surface area (Å²) in [6.45, 7) is -2.08. The summed E-state index contributed by atoms with van der Waals surface area (Å²) in [6, 6.07) is 7.44. The summed E-state index contributed by atoms with van der Waals surface area (Å²) in [4.78, 5) is 58.4. The molecule has 0 saturated heterocycles. The van der Waals surface area contributed by atoms with Crippen LogP contribution in [0, 0.1) is 0 Å². The van der Waals surface area contributed by atoms with Gasteiger partial charge in [-0.25, -0.2) is 0 Å². The van der Waals surface area contributed by atoms with Gasteiger partial charge in [0.25, 0.3) is 0 Å². The number of carbonyl (C=O) groups is 1. The zero-order valence-corrected chi connectivity index (χ0v) is 17.2. The van der Waals surface area contributed by atoms with Gasteiger partial charge in [0.15, 0.2) is 0 Å². The molecular formula is C13H28ClNO7P2S2. The summed E-state index contributed by atoms with van der Waals surface area (Å²) in [5, 5.41) is 0.681. The van der Waals surface area contributed by atoms with Crippen molar-refractivity contribution in [2.45, 2.75) is 41.7 Å². The first-order valence-corrected chi connectivity index (χ1v) is 11.8.